The Bertz CT molecular complexity index is 212. The summed E-state index contributed by atoms with van der Waals surface area (Å²) in [7, 11) is 10.3. The van der Waals surface area contributed by atoms with Crippen LogP contribution in [0.3, 0.4) is 0 Å². The molecule has 0 bridgehead atoms. The van der Waals surface area contributed by atoms with E-state index in [-0.39, 0.29) is 17.0 Å². The molecule has 2 unspecified atom stereocenters. The van der Waals surface area contributed by atoms with E-state index in [9.17, 15) is 0 Å². The summed E-state index contributed by atoms with van der Waals surface area (Å²) in [6, 6.07) is 0. The van der Waals surface area contributed by atoms with Gasteiger partial charge in [0.1, 0.15) is 11.0 Å². The number of rotatable bonds is 2. The zero-order valence-electron chi connectivity index (χ0n) is 10.0. The lowest BCUT2D eigenvalue weighted by molar-refractivity contribution is 0.124. The molecule has 4 nitrogen and oxygen atoms in total. The Morgan fingerprint density at radius 1 is 1.12 bits per heavy atom. The fraction of sp³-hybridized carbons (Fsp3) is 1.00. The predicted molar refractivity (Wildman–Crippen MR) is 79.0 cm³/mol. The quantitative estimate of drug-likeness (QED) is 0.756. The second-order valence-electron chi connectivity index (χ2n) is 4.37. The van der Waals surface area contributed by atoms with E-state index in [1.54, 1.807) is 0 Å². The highest BCUT2D eigenvalue weighted by molar-refractivity contribution is 8.93. The van der Waals surface area contributed by atoms with Crippen molar-refractivity contribution in [1.82, 2.24) is 20.0 Å². The van der Waals surface area contributed by atoms with Gasteiger partial charge in [0, 0.05) is 26.2 Å². The molecule has 0 amide bonds. The maximum Gasteiger partial charge on any atom is 0.120 e. The van der Waals surface area contributed by atoms with Crippen molar-refractivity contribution < 1.29 is 0 Å². The van der Waals surface area contributed by atoms with Crippen LogP contribution in [0, 0.1) is 0 Å². The summed E-state index contributed by atoms with van der Waals surface area (Å²) in [6.45, 7) is 4.75. The molecule has 0 aromatic heterocycles. The molecule has 2 saturated heterocycles. The van der Waals surface area contributed by atoms with E-state index in [2.05, 4.69) is 41.2 Å². The van der Waals surface area contributed by atoms with E-state index in [0.29, 0.717) is 11.0 Å². The molecule has 2 aliphatic rings. The molecular weight excluding hydrogens is 308 g/mol. The van der Waals surface area contributed by atoms with E-state index in [0.717, 1.165) is 0 Å². The summed E-state index contributed by atoms with van der Waals surface area (Å²) in [4.78, 5) is 7.17. The molecular formula is C9H21BrN4S2. The lowest BCUT2D eigenvalue weighted by atomic mass is 10.3. The molecule has 96 valence electrons. The normalized spacial score (nSPS) is 33.0. The van der Waals surface area contributed by atoms with E-state index in [1.807, 2.05) is 21.6 Å². The summed E-state index contributed by atoms with van der Waals surface area (Å²) in [5.74, 6) is 0. The zero-order chi connectivity index (χ0) is 10.8. The summed E-state index contributed by atoms with van der Waals surface area (Å²) < 4.78 is 0. The van der Waals surface area contributed by atoms with Crippen LogP contribution in [0.5, 0.6) is 0 Å². The SMILES string of the molecule is Br.CN1CCN(C2NC(N(C)C)SS2)CC1. The van der Waals surface area contributed by atoms with Crippen molar-refractivity contribution in [3.05, 3.63) is 0 Å². The summed E-state index contributed by atoms with van der Waals surface area (Å²) >= 11 is 0. The molecule has 2 atom stereocenters. The standard InChI is InChI=1S/C9H20N4S2.BrH/c1-11(2)8-10-9(15-14-8)13-6-4-12(3)5-7-13;/h8-10H,4-7H2,1-3H3;1H. The number of piperazine rings is 1. The van der Waals surface area contributed by atoms with Gasteiger partial charge in [0.05, 0.1) is 0 Å². The Balaban J connectivity index is 0.00000128. The van der Waals surface area contributed by atoms with Gasteiger partial charge in [0.2, 0.25) is 0 Å². The van der Waals surface area contributed by atoms with Crippen LogP contribution >= 0.6 is 38.6 Å². The molecule has 2 fully saturated rings. The lowest BCUT2D eigenvalue weighted by Crippen LogP contribution is -2.53. The highest BCUT2D eigenvalue weighted by Crippen LogP contribution is 2.38. The maximum absolute atomic E-state index is 3.63. The molecule has 2 aliphatic heterocycles. The minimum Gasteiger partial charge on any atom is -0.304 e. The molecule has 0 spiro atoms. The summed E-state index contributed by atoms with van der Waals surface area (Å²) in [6.07, 6.45) is 0. The first-order valence-corrected chi connectivity index (χ1v) is 7.61. The molecule has 1 N–H and O–H groups in total. The van der Waals surface area contributed by atoms with E-state index < -0.39 is 0 Å². The predicted octanol–water partition coefficient (Wildman–Crippen LogP) is 0.925. The van der Waals surface area contributed by atoms with Crippen LogP contribution in [-0.2, 0) is 0 Å². The van der Waals surface area contributed by atoms with Crippen molar-refractivity contribution >= 4 is 38.6 Å². The van der Waals surface area contributed by atoms with Gasteiger partial charge < -0.3 is 4.90 Å². The second-order valence-corrected chi connectivity index (χ2v) is 6.80. The van der Waals surface area contributed by atoms with Crippen molar-refractivity contribution in [2.75, 3.05) is 47.3 Å². The van der Waals surface area contributed by atoms with Gasteiger partial charge in [-0.25, -0.2) is 0 Å². The van der Waals surface area contributed by atoms with Crippen molar-refractivity contribution in [2.45, 2.75) is 11.0 Å². The van der Waals surface area contributed by atoms with Gasteiger partial charge in [-0.3, -0.25) is 15.1 Å². The smallest absolute Gasteiger partial charge is 0.120 e. The van der Waals surface area contributed by atoms with Crippen LogP contribution in [0.1, 0.15) is 0 Å². The van der Waals surface area contributed by atoms with Gasteiger partial charge in [0.15, 0.2) is 0 Å². The number of nitrogens with zero attached hydrogens (tertiary/aromatic N) is 3. The van der Waals surface area contributed by atoms with Crippen molar-refractivity contribution in [2.24, 2.45) is 0 Å². The second kappa shape index (κ2) is 6.82. The Kier molecular flexibility index (Phi) is 6.43. The van der Waals surface area contributed by atoms with Crippen LogP contribution < -0.4 is 5.32 Å². The molecule has 0 saturated carbocycles. The molecule has 0 aromatic rings. The number of hydrogen-bond acceptors (Lipinski definition) is 6. The fourth-order valence-electron chi connectivity index (χ4n) is 1.74. The molecule has 0 aromatic carbocycles. The van der Waals surface area contributed by atoms with Gasteiger partial charge >= 0.3 is 0 Å². The Morgan fingerprint density at radius 3 is 2.25 bits per heavy atom. The van der Waals surface area contributed by atoms with E-state index in [4.69, 9.17) is 0 Å². The van der Waals surface area contributed by atoms with Crippen molar-refractivity contribution in [3.8, 4) is 0 Å². The summed E-state index contributed by atoms with van der Waals surface area (Å²) in [5, 5.41) is 3.63. The molecule has 0 radical (unpaired) electrons. The molecule has 2 heterocycles. The highest BCUT2D eigenvalue weighted by atomic mass is 79.9. The summed E-state index contributed by atoms with van der Waals surface area (Å²) in [5.41, 5.74) is 0.954. The third-order valence-corrected chi connectivity index (χ3v) is 5.76. The zero-order valence-corrected chi connectivity index (χ0v) is 13.4. The molecule has 0 aliphatic carbocycles. The van der Waals surface area contributed by atoms with Crippen LogP contribution in [0.4, 0.5) is 0 Å². The average molecular weight is 329 g/mol. The minimum atomic E-state index is 0. The molecule has 7 heteroatoms. The largest absolute Gasteiger partial charge is 0.304 e. The highest BCUT2D eigenvalue weighted by Gasteiger charge is 2.32. The lowest BCUT2D eigenvalue weighted by Gasteiger charge is -2.35. The van der Waals surface area contributed by atoms with Crippen molar-refractivity contribution in [3.63, 3.8) is 0 Å². The van der Waals surface area contributed by atoms with Gasteiger partial charge in [-0.15, -0.1) is 17.0 Å². The van der Waals surface area contributed by atoms with Gasteiger partial charge in [-0.05, 0) is 21.1 Å². The molecule has 16 heavy (non-hydrogen) atoms. The van der Waals surface area contributed by atoms with E-state index >= 15 is 0 Å². The monoisotopic (exact) mass is 328 g/mol. The van der Waals surface area contributed by atoms with Crippen molar-refractivity contribution in [1.29, 1.82) is 0 Å². The Hall–Kier alpha value is 1.02. The number of nitrogens with one attached hydrogen (secondary N) is 1. The third-order valence-electron chi connectivity index (χ3n) is 2.86. The topological polar surface area (TPSA) is 21.8 Å². The maximum atomic E-state index is 3.63. The number of likely N-dealkylation sites (N-methyl/N-ethyl adjacent to an activating group) is 1. The van der Waals surface area contributed by atoms with Crippen LogP contribution in [0.25, 0.3) is 0 Å². The Morgan fingerprint density at radius 2 is 1.75 bits per heavy atom. The first-order chi connectivity index (χ1) is 7.16. The fourth-order valence-corrected chi connectivity index (χ4v) is 4.76. The molecule has 2 rings (SSSR count). The van der Waals surface area contributed by atoms with E-state index in [1.165, 1.54) is 26.2 Å². The first kappa shape index (κ1) is 15.1. The Labute approximate surface area is 117 Å². The van der Waals surface area contributed by atoms with Gasteiger partial charge in [0.25, 0.3) is 0 Å². The van der Waals surface area contributed by atoms with Gasteiger partial charge in [-0.1, -0.05) is 21.6 Å². The van der Waals surface area contributed by atoms with Gasteiger partial charge in [-0.2, -0.15) is 0 Å². The number of hydrogen-bond donors (Lipinski definition) is 1. The minimum absolute atomic E-state index is 0. The number of halogens is 1. The van der Waals surface area contributed by atoms with Crippen LogP contribution in [-0.4, -0.2) is 73.0 Å². The first-order valence-electron chi connectivity index (χ1n) is 5.34. The van der Waals surface area contributed by atoms with Crippen LogP contribution in [0.15, 0.2) is 0 Å². The van der Waals surface area contributed by atoms with Crippen LogP contribution in [0.2, 0.25) is 0 Å². The third kappa shape index (κ3) is 3.76. The average Bonchev–Trinajstić information content (AvgIpc) is 2.68.